The van der Waals surface area contributed by atoms with E-state index in [0.29, 0.717) is 17.5 Å². The topological polar surface area (TPSA) is 56.7 Å². The van der Waals surface area contributed by atoms with E-state index in [0.717, 1.165) is 60.7 Å². The number of fused-ring (bicyclic) bond motifs is 6. The van der Waals surface area contributed by atoms with Gasteiger partial charge in [0.05, 0.1) is 11.0 Å². The Kier molecular flexibility index (Phi) is 8.76. The first-order valence-electron chi connectivity index (χ1n) is 21.3. The molecule has 0 bridgehead atoms. The molecule has 0 aliphatic heterocycles. The lowest BCUT2D eigenvalue weighted by Gasteiger charge is -2.34. The van der Waals surface area contributed by atoms with Crippen LogP contribution < -0.4 is 20.7 Å². The molecule has 0 spiro atoms. The summed E-state index contributed by atoms with van der Waals surface area (Å²) in [6.07, 6.45) is 0. The van der Waals surface area contributed by atoms with Crippen molar-refractivity contribution < 1.29 is 4.42 Å². The summed E-state index contributed by atoms with van der Waals surface area (Å²) in [6.45, 7) is 0. The van der Waals surface area contributed by atoms with Gasteiger partial charge in [-0.2, -0.15) is 0 Å². The molecule has 0 saturated heterocycles. The molecule has 296 valence electrons. The van der Waals surface area contributed by atoms with Crippen molar-refractivity contribution in [3.8, 4) is 39.9 Å². The Hall–Kier alpha value is -8.19. The Morgan fingerprint density at radius 3 is 1.37 bits per heavy atom. The maximum absolute atomic E-state index is 6.22. The molecule has 0 fully saturated rings. The van der Waals surface area contributed by atoms with Crippen molar-refractivity contribution >= 4 is 72.6 Å². The molecule has 3 aromatic heterocycles. The molecule has 0 saturated carbocycles. The highest BCUT2D eigenvalue weighted by molar-refractivity contribution is 7.19. The Morgan fingerprint density at radius 2 is 0.746 bits per heavy atom. The van der Waals surface area contributed by atoms with Crippen molar-refractivity contribution in [2.75, 3.05) is 0 Å². The number of aromatic nitrogens is 4. The SMILES string of the molecule is c1ccc(-n2c3ccccc3c3cc(-c4nc(-c5ccc([Si](c6ccccc6)(c6ccccc6)c6ccccc6)cc5)nc(-c5ccc6oc7ccccc7c6c5)n4)ccc32)cc1. The maximum atomic E-state index is 6.22. The molecule has 0 unspecified atom stereocenters. The molecular weight excluding hydrogens is 785 g/mol. The van der Waals surface area contributed by atoms with Gasteiger partial charge in [0, 0.05) is 43.9 Å². The predicted octanol–water partition coefficient (Wildman–Crippen LogP) is 11.2. The van der Waals surface area contributed by atoms with E-state index in [9.17, 15) is 0 Å². The summed E-state index contributed by atoms with van der Waals surface area (Å²) in [5, 5.41) is 9.64. The highest BCUT2D eigenvalue weighted by Crippen LogP contribution is 2.36. The third-order valence-corrected chi connectivity index (χ3v) is 17.2. The summed E-state index contributed by atoms with van der Waals surface area (Å²) in [5.41, 5.74) is 7.78. The number of hydrogen-bond donors (Lipinski definition) is 0. The molecule has 9 aromatic carbocycles. The Morgan fingerprint density at radius 1 is 0.317 bits per heavy atom. The lowest BCUT2D eigenvalue weighted by atomic mass is 10.1. The van der Waals surface area contributed by atoms with Crippen molar-refractivity contribution in [3.63, 3.8) is 0 Å². The summed E-state index contributed by atoms with van der Waals surface area (Å²) < 4.78 is 8.55. The molecule has 0 aliphatic carbocycles. The minimum absolute atomic E-state index is 0.597. The van der Waals surface area contributed by atoms with Gasteiger partial charge in [0.25, 0.3) is 0 Å². The fraction of sp³-hybridized carbons (Fsp3) is 0. The van der Waals surface area contributed by atoms with E-state index in [2.05, 4.69) is 205 Å². The molecule has 12 rings (SSSR count). The second-order valence-corrected chi connectivity index (χ2v) is 19.8. The van der Waals surface area contributed by atoms with Crippen LogP contribution in [0, 0.1) is 0 Å². The normalized spacial score (nSPS) is 11.8. The van der Waals surface area contributed by atoms with E-state index in [-0.39, 0.29) is 0 Å². The van der Waals surface area contributed by atoms with Gasteiger partial charge in [0.1, 0.15) is 11.2 Å². The largest absolute Gasteiger partial charge is 0.456 e. The number of para-hydroxylation sites is 3. The van der Waals surface area contributed by atoms with Crippen molar-refractivity contribution in [1.29, 1.82) is 0 Å². The van der Waals surface area contributed by atoms with E-state index in [1.54, 1.807) is 0 Å². The van der Waals surface area contributed by atoms with Crippen molar-refractivity contribution in [3.05, 3.63) is 231 Å². The van der Waals surface area contributed by atoms with Crippen LogP contribution in [0.3, 0.4) is 0 Å². The molecule has 0 radical (unpaired) electrons. The fourth-order valence-corrected chi connectivity index (χ4v) is 14.3. The van der Waals surface area contributed by atoms with Gasteiger partial charge in [-0.1, -0.05) is 170 Å². The zero-order valence-electron chi connectivity index (χ0n) is 34.1. The first kappa shape index (κ1) is 36.6. The van der Waals surface area contributed by atoms with E-state index >= 15 is 0 Å². The van der Waals surface area contributed by atoms with Gasteiger partial charge in [0.2, 0.25) is 0 Å². The summed E-state index contributed by atoms with van der Waals surface area (Å²) in [4.78, 5) is 15.8. The van der Waals surface area contributed by atoms with Crippen LogP contribution in [0.1, 0.15) is 0 Å². The molecule has 0 atom stereocenters. The van der Waals surface area contributed by atoms with Crippen LogP contribution in [-0.4, -0.2) is 27.6 Å². The summed E-state index contributed by atoms with van der Waals surface area (Å²) >= 11 is 0. The molecule has 0 amide bonds. The van der Waals surface area contributed by atoms with Crippen molar-refractivity contribution in [2.45, 2.75) is 0 Å². The van der Waals surface area contributed by atoms with E-state index in [4.69, 9.17) is 19.4 Å². The first-order chi connectivity index (χ1) is 31.2. The van der Waals surface area contributed by atoms with Crippen LogP contribution >= 0.6 is 0 Å². The molecule has 0 aliphatic rings. The van der Waals surface area contributed by atoms with E-state index < -0.39 is 8.07 Å². The number of nitrogens with zero attached hydrogens (tertiary/aromatic N) is 4. The minimum atomic E-state index is -2.73. The molecule has 0 N–H and O–H groups in total. The second-order valence-electron chi connectivity index (χ2n) is 16.0. The molecule has 5 nitrogen and oxygen atoms in total. The van der Waals surface area contributed by atoms with Gasteiger partial charge in [-0.05, 0) is 81.4 Å². The van der Waals surface area contributed by atoms with Crippen molar-refractivity contribution in [1.82, 2.24) is 19.5 Å². The number of furan rings is 1. The van der Waals surface area contributed by atoms with E-state index in [1.807, 2.05) is 30.3 Å². The number of hydrogen-bond acceptors (Lipinski definition) is 4. The molecule has 12 aromatic rings. The van der Waals surface area contributed by atoms with Crippen LogP contribution in [0.15, 0.2) is 235 Å². The Balaban J connectivity index is 1.05. The zero-order valence-corrected chi connectivity index (χ0v) is 35.1. The van der Waals surface area contributed by atoms with Gasteiger partial charge in [-0.15, -0.1) is 0 Å². The fourth-order valence-electron chi connectivity index (χ4n) is 9.53. The third-order valence-electron chi connectivity index (χ3n) is 12.4. The summed E-state index contributed by atoms with van der Waals surface area (Å²) in [5.74, 6) is 1.81. The van der Waals surface area contributed by atoms with Crippen molar-refractivity contribution in [2.24, 2.45) is 0 Å². The van der Waals surface area contributed by atoms with E-state index in [1.165, 1.54) is 26.1 Å². The first-order valence-corrected chi connectivity index (χ1v) is 23.3. The van der Waals surface area contributed by atoms with Gasteiger partial charge in [-0.25, -0.2) is 15.0 Å². The molecule has 63 heavy (non-hydrogen) atoms. The van der Waals surface area contributed by atoms with Gasteiger partial charge < -0.3 is 8.98 Å². The van der Waals surface area contributed by atoms with Crippen LogP contribution in [0.5, 0.6) is 0 Å². The molecule has 3 heterocycles. The van der Waals surface area contributed by atoms with Crippen LogP contribution in [0.4, 0.5) is 0 Å². The lowest BCUT2D eigenvalue weighted by Crippen LogP contribution is -2.74. The van der Waals surface area contributed by atoms with Crippen LogP contribution in [-0.2, 0) is 0 Å². The Bertz CT molecular complexity index is 3510. The standard InChI is InChI=1S/C57H38N4OSi/c1-5-17-42(18-6-1)61-51-27-15-13-25-47(51)49-37-40(31-35-52(49)61)56-58-55(59-57(60-56)41-32-36-54-50(38-41)48-26-14-16-28-53(48)62-54)39-29-33-46(34-30-39)63(43-19-7-2-8-20-43,44-21-9-3-10-22-44)45-23-11-4-12-24-45/h1-38H. The van der Waals surface area contributed by atoms with Crippen LogP contribution in [0.2, 0.25) is 0 Å². The monoisotopic (exact) mass is 822 g/mol. The Labute approximate surface area is 365 Å². The average Bonchev–Trinajstić information content (AvgIpc) is 3.91. The lowest BCUT2D eigenvalue weighted by molar-refractivity contribution is 0.669. The average molecular weight is 823 g/mol. The van der Waals surface area contributed by atoms with Gasteiger partial charge in [-0.3, -0.25) is 0 Å². The number of rotatable bonds is 8. The van der Waals surface area contributed by atoms with Gasteiger partial charge >= 0.3 is 0 Å². The summed E-state index contributed by atoms with van der Waals surface area (Å²) in [6, 6.07) is 82.0. The minimum Gasteiger partial charge on any atom is -0.456 e. The maximum Gasteiger partial charge on any atom is 0.179 e. The summed E-state index contributed by atoms with van der Waals surface area (Å²) in [7, 11) is -2.73. The quantitative estimate of drug-likeness (QED) is 0.113. The molecule has 6 heteroatoms. The zero-order chi connectivity index (χ0) is 41.7. The molecular formula is C57H38N4OSi. The van der Waals surface area contributed by atoms with Gasteiger partial charge in [0.15, 0.2) is 25.5 Å². The third kappa shape index (κ3) is 6.10. The van der Waals surface area contributed by atoms with Crippen LogP contribution in [0.25, 0.3) is 83.6 Å². The second kappa shape index (κ2) is 15.1. The smallest absolute Gasteiger partial charge is 0.179 e. The highest BCUT2D eigenvalue weighted by Gasteiger charge is 2.41. The predicted molar refractivity (Wildman–Crippen MR) is 261 cm³/mol. The highest BCUT2D eigenvalue weighted by atomic mass is 28.3. The number of benzene rings is 9.